The van der Waals surface area contributed by atoms with Gasteiger partial charge in [0.15, 0.2) is 0 Å². The second-order valence-electron chi connectivity index (χ2n) is 10.5. The number of hydrogen-bond donors (Lipinski definition) is 3. The monoisotopic (exact) mass is 601 g/mol. The number of carbonyl (C=O) groups is 1. The maximum atomic E-state index is 13.9. The molecule has 0 saturated carbocycles. The van der Waals surface area contributed by atoms with Crippen LogP contribution in [0.5, 0.6) is 0 Å². The molecule has 0 fully saturated rings. The molecular formula is C32H41F2N3O4S. The predicted octanol–water partition coefficient (Wildman–Crippen LogP) is 4.83. The van der Waals surface area contributed by atoms with Gasteiger partial charge in [-0.05, 0) is 72.4 Å². The topological polar surface area (TPSA) is 98.7 Å². The smallest absolute Gasteiger partial charge is 0.251 e. The van der Waals surface area contributed by atoms with Crippen LogP contribution in [0, 0.1) is 11.6 Å². The Morgan fingerprint density at radius 1 is 0.929 bits per heavy atom. The number of amides is 1. The molecule has 0 spiro atoms. The highest BCUT2D eigenvalue weighted by molar-refractivity contribution is 7.89. The molecule has 2 atom stereocenters. The molecule has 1 amide bonds. The van der Waals surface area contributed by atoms with Gasteiger partial charge in [0.2, 0.25) is 10.0 Å². The van der Waals surface area contributed by atoms with Gasteiger partial charge >= 0.3 is 0 Å². The number of rotatable bonds is 16. The summed E-state index contributed by atoms with van der Waals surface area (Å²) in [5.74, 6) is -2.06. The first-order chi connectivity index (χ1) is 20.0. The van der Waals surface area contributed by atoms with Gasteiger partial charge in [-0.15, -0.1) is 0 Å². The van der Waals surface area contributed by atoms with Crippen molar-refractivity contribution < 1.29 is 27.1 Å². The number of sulfonamides is 1. The Morgan fingerprint density at radius 2 is 1.60 bits per heavy atom. The summed E-state index contributed by atoms with van der Waals surface area (Å²) >= 11 is 0. The van der Waals surface area contributed by atoms with Gasteiger partial charge in [0.05, 0.1) is 17.0 Å². The maximum Gasteiger partial charge on any atom is 0.251 e. The molecular weight excluding hydrogens is 560 g/mol. The van der Waals surface area contributed by atoms with E-state index in [1.54, 1.807) is 0 Å². The van der Waals surface area contributed by atoms with E-state index in [1.165, 1.54) is 41.2 Å². The van der Waals surface area contributed by atoms with Crippen LogP contribution in [0.1, 0.15) is 60.2 Å². The second kappa shape index (κ2) is 15.9. The summed E-state index contributed by atoms with van der Waals surface area (Å²) in [6.07, 6.45) is 2.44. The normalized spacial score (nSPS) is 13.2. The number of nitrogens with one attached hydrogen (secondary N) is 2. The molecule has 228 valence electrons. The molecule has 0 saturated heterocycles. The molecule has 0 unspecified atom stereocenters. The molecule has 3 rings (SSSR count). The van der Waals surface area contributed by atoms with E-state index < -0.39 is 39.7 Å². The summed E-state index contributed by atoms with van der Waals surface area (Å²) in [5, 5.41) is 17.0. The first kappa shape index (κ1) is 33.3. The third kappa shape index (κ3) is 9.69. The fraction of sp³-hybridized carbons (Fsp3) is 0.406. The first-order valence-corrected chi connectivity index (χ1v) is 15.8. The van der Waals surface area contributed by atoms with E-state index in [0.717, 1.165) is 49.4 Å². The minimum atomic E-state index is -3.70. The highest BCUT2D eigenvalue weighted by atomic mass is 32.2. The Morgan fingerprint density at radius 3 is 2.24 bits per heavy atom. The van der Waals surface area contributed by atoms with Crippen LogP contribution in [-0.2, 0) is 29.4 Å². The van der Waals surface area contributed by atoms with Crippen LogP contribution in [0.4, 0.5) is 8.78 Å². The van der Waals surface area contributed by atoms with Crippen LogP contribution in [0.15, 0.2) is 71.6 Å². The quantitative estimate of drug-likeness (QED) is 0.204. The lowest BCUT2D eigenvalue weighted by Crippen LogP contribution is -2.48. The van der Waals surface area contributed by atoms with Gasteiger partial charge in [-0.1, -0.05) is 51.0 Å². The van der Waals surface area contributed by atoms with E-state index in [4.69, 9.17) is 0 Å². The number of aryl methyl sites for hydroxylation is 1. The number of hydrogen-bond acceptors (Lipinski definition) is 5. The van der Waals surface area contributed by atoms with E-state index in [9.17, 15) is 27.1 Å². The number of nitrogens with zero attached hydrogens (tertiary/aromatic N) is 1. The SMILES string of the molecule is CCCCCN(C)S(=O)(=O)c1ccc(C(=O)N[C@@H](Cc2cc(F)cc(F)c2)[C@@H](O)CNCc2cccc(CC)c2)cc1. The molecule has 0 aliphatic heterocycles. The molecule has 0 aliphatic rings. The molecule has 0 heterocycles. The van der Waals surface area contributed by atoms with E-state index >= 15 is 0 Å². The number of carbonyl (C=O) groups excluding carboxylic acids is 1. The Kier molecular flexibility index (Phi) is 12.6. The predicted molar refractivity (Wildman–Crippen MR) is 161 cm³/mol. The van der Waals surface area contributed by atoms with Crippen LogP contribution >= 0.6 is 0 Å². The minimum Gasteiger partial charge on any atom is -0.390 e. The van der Waals surface area contributed by atoms with E-state index in [1.807, 2.05) is 25.1 Å². The van der Waals surface area contributed by atoms with Crippen molar-refractivity contribution in [1.82, 2.24) is 14.9 Å². The van der Waals surface area contributed by atoms with Gasteiger partial charge in [-0.2, -0.15) is 0 Å². The molecule has 7 nitrogen and oxygen atoms in total. The molecule has 3 N–H and O–H groups in total. The molecule has 3 aromatic carbocycles. The highest BCUT2D eigenvalue weighted by Crippen LogP contribution is 2.17. The number of halogens is 2. The summed E-state index contributed by atoms with van der Waals surface area (Å²) in [5.41, 5.74) is 2.70. The first-order valence-electron chi connectivity index (χ1n) is 14.3. The van der Waals surface area contributed by atoms with Crippen molar-refractivity contribution >= 4 is 15.9 Å². The summed E-state index contributed by atoms with van der Waals surface area (Å²) < 4.78 is 54.9. The van der Waals surface area contributed by atoms with Crippen LogP contribution in [0.2, 0.25) is 0 Å². The van der Waals surface area contributed by atoms with Crippen molar-refractivity contribution in [1.29, 1.82) is 0 Å². The summed E-state index contributed by atoms with van der Waals surface area (Å²) in [4.78, 5) is 13.2. The van der Waals surface area contributed by atoms with Crippen molar-refractivity contribution in [2.24, 2.45) is 0 Å². The molecule has 42 heavy (non-hydrogen) atoms. The summed E-state index contributed by atoms with van der Waals surface area (Å²) in [7, 11) is -2.17. The van der Waals surface area contributed by atoms with Crippen LogP contribution in [0.3, 0.4) is 0 Å². The molecule has 3 aromatic rings. The zero-order valence-electron chi connectivity index (χ0n) is 24.4. The Balaban J connectivity index is 1.72. The highest BCUT2D eigenvalue weighted by Gasteiger charge is 2.24. The third-order valence-electron chi connectivity index (χ3n) is 7.14. The molecule has 0 aliphatic carbocycles. The fourth-order valence-electron chi connectivity index (χ4n) is 4.65. The maximum absolute atomic E-state index is 13.9. The Labute approximate surface area is 248 Å². The molecule has 0 radical (unpaired) electrons. The molecule has 10 heteroatoms. The van der Waals surface area contributed by atoms with E-state index in [2.05, 4.69) is 23.6 Å². The fourth-order valence-corrected chi connectivity index (χ4v) is 5.86. The number of unbranched alkanes of at least 4 members (excludes halogenated alkanes) is 2. The lowest BCUT2D eigenvalue weighted by Gasteiger charge is -2.25. The minimum absolute atomic E-state index is 0.0242. The van der Waals surface area contributed by atoms with Crippen molar-refractivity contribution in [3.05, 3.63) is 101 Å². The lowest BCUT2D eigenvalue weighted by atomic mass is 10.00. The van der Waals surface area contributed by atoms with Gasteiger partial charge < -0.3 is 15.7 Å². The Bertz CT molecular complexity index is 1400. The number of benzene rings is 3. The zero-order chi connectivity index (χ0) is 30.7. The van der Waals surface area contributed by atoms with Gasteiger partial charge in [-0.25, -0.2) is 21.5 Å². The van der Waals surface area contributed by atoms with E-state index in [0.29, 0.717) is 13.1 Å². The second-order valence-corrected chi connectivity index (χ2v) is 12.5. The lowest BCUT2D eigenvalue weighted by molar-refractivity contribution is 0.0829. The molecule has 0 bridgehead atoms. The number of aliphatic hydroxyl groups is 1. The van der Waals surface area contributed by atoms with Crippen LogP contribution in [-0.4, -0.2) is 56.0 Å². The van der Waals surface area contributed by atoms with Gasteiger partial charge in [-0.3, -0.25) is 4.79 Å². The number of aliphatic hydroxyl groups excluding tert-OH is 1. The average molecular weight is 602 g/mol. The zero-order valence-corrected chi connectivity index (χ0v) is 25.3. The van der Waals surface area contributed by atoms with Crippen molar-refractivity contribution in [2.45, 2.75) is 69.5 Å². The van der Waals surface area contributed by atoms with Gasteiger partial charge in [0, 0.05) is 38.3 Å². The van der Waals surface area contributed by atoms with Crippen LogP contribution < -0.4 is 10.6 Å². The van der Waals surface area contributed by atoms with E-state index in [-0.39, 0.29) is 29.0 Å². The average Bonchev–Trinajstić information content (AvgIpc) is 2.96. The van der Waals surface area contributed by atoms with Gasteiger partial charge in [0.25, 0.3) is 5.91 Å². The van der Waals surface area contributed by atoms with Gasteiger partial charge in [0.1, 0.15) is 11.6 Å². The summed E-state index contributed by atoms with van der Waals surface area (Å²) in [6, 6.07) is 15.8. The molecule has 0 aromatic heterocycles. The van der Waals surface area contributed by atoms with Crippen molar-refractivity contribution in [3.8, 4) is 0 Å². The standard InChI is InChI=1S/C32H41F2N3O4S/c1-4-6-7-15-37(3)42(40,41)29-13-11-26(12-14-29)32(39)36-30(19-25-17-27(33)20-28(34)18-25)31(38)22-35-21-24-10-8-9-23(5-2)16-24/h8-14,16-18,20,30-31,35,38H,4-7,15,19,21-22H2,1-3H3,(H,36,39)/t30-,31-/m0/s1. The van der Waals surface area contributed by atoms with Crippen LogP contribution in [0.25, 0.3) is 0 Å². The third-order valence-corrected chi connectivity index (χ3v) is 9.01. The largest absolute Gasteiger partial charge is 0.390 e. The summed E-state index contributed by atoms with van der Waals surface area (Å²) in [6.45, 7) is 5.11. The van der Waals surface area contributed by atoms with Crippen molar-refractivity contribution in [3.63, 3.8) is 0 Å². The van der Waals surface area contributed by atoms with Crippen molar-refractivity contribution in [2.75, 3.05) is 20.1 Å². The Hall–Kier alpha value is -3.18.